The molecule has 0 bridgehead atoms. The molecule has 2 rings (SSSR count). The molecule has 6 heteroatoms. The molecule has 0 aliphatic carbocycles. The Labute approximate surface area is 143 Å². The van der Waals surface area contributed by atoms with Crippen LogP contribution < -0.4 is 5.32 Å². The maximum absolute atomic E-state index is 6.13. The number of hydrogen-bond donors (Lipinski definition) is 1. The lowest BCUT2D eigenvalue weighted by Gasteiger charge is -2.17. The zero-order valence-electron chi connectivity index (χ0n) is 10.0. The van der Waals surface area contributed by atoms with E-state index in [0.717, 1.165) is 25.4 Å². The van der Waals surface area contributed by atoms with Crippen LogP contribution in [-0.2, 0) is 0 Å². The highest BCUT2D eigenvalue weighted by molar-refractivity contribution is 9.11. The van der Waals surface area contributed by atoms with E-state index in [-0.39, 0.29) is 6.04 Å². The molecule has 1 heterocycles. The van der Waals surface area contributed by atoms with E-state index in [1.165, 1.54) is 4.88 Å². The highest BCUT2D eigenvalue weighted by Gasteiger charge is 2.18. The molecule has 0 aliphatic heterocycles. The topological polar surface area (TPSA) is 12.0 Å². The summed E-state index contributed by atoms with van der Waals surface area (Å²) in [6.45, 7) is 2.96. The highest BCUT2D eigenvalue weighted by atomic mass is 79.9. The van der Waals surface area contributed by atoms with Crippen molar-refractivity contribution in [3.8, 4) is 0 Å². The van der Waals surface area contributed by atoms with Crippen LogP contribution in [0, 0.1) is 0 Å². The van der Waals surface area contributed by atoms with Gasteiger partial charge >= 0.3 is 0 Å². The number of hydrogen-bond acceptors (Lipinski definition) is 2. The molecular weight excluding hydrogens is 433 g/mol. The van der Waals surface area contributed by atoms with E-state index in [1.807, 2.05) is 18.2 Å². The van der Waals surface area contributed by atoms with E-state index >= 15 is 0 Å². The number of rotatable bonds is 4. The fourth-order valence-electron chi connectivity index (χ4n) is 1.78. The summed E-state index contributed by atoms with van der Waals surface area (Å²) in [6, 6.07) is 8.14. The number of halogens is 4. The lowest BCUT2D eigenvalue weighted by Crippen LogP contribution is -2.21. The fourth-order valence-corrected chi connectivity index (χ4v) is 4.14. The van der Waals surface area contributed by atoms with Gasteiger partial charge in [0, 0.05) is 13.8 Å². The Kier molecular flexibility index (Phi) is 5.76. The quantitative estimate of drug-likeness (QED) is 0.586. The fraction of sp³-hybridized carbons (Fsp3) is 0.231. The van der Waals surface area contributed by atoms with Gasteiger partial charge in [0.15, 0.2) is 0 Å². The van der Waals surface area contributed by atoms with Gasteiger partial charge in [-0.1, -0.05) is 36.2 Å². The van der Waals surface area contributed by atoms with Crippen molar-refractivity contribution >= 4 is 66.4 Å². The molecule has 0 amide bonds. The summed E-state index contributed by atoms with van der Waals surface area (Å²) in [5.74, 6) is 0. The third-order valence-electron chi connectivity index (χ3n) is 2.63. The van der Waals surface area contributed by atoms with E-state index in [2.05, 4.69) is 50.2 Å². The van der Waals surface area contributed by atoms with Crippen LogP contribution in [0.3, 0.4) is 0 Å². The van der Waals surface area contributed by atoms with Crippen LogP contribution in [0.5, 0.6) is 0 Å². The first-order chi connectivity index (χ1) is 9.02. The van der Waals surface area contributed by atoms with Crippen molar-refractivity contribution in [2.45, 2.75) is 13.0 Å². The maximum atomic E-state index is 6.13. The van der Waals surface area contributed by atoms with Crippen LogP contribution in [0.15, 0.2) is 33.2 Å². The maximum Gasteiger partial charge on any atom is 0.107 e. The lowest BCUT2D eigenvalue weighted by molar-refractivity contribution is 0.639. The third kappa shape index (κ3) is 3.74. The molecule has 0 aliphatic rings. The molecule has 0 saturated heterocycles. The van der Waals surface area contributed by atoms with Crippen molar-refractivity contribution in [2.75, 3.05) is 6.54 Å². The van der Waals surface area contributed by atoms with Gasteiger partial charge in [-0.15, -0.1) is 11.3 Å². The van der Waals surface area contributed by atoms with Gasteiger partial charge in [0.25, 0.3) is 0 Å². The largest absolute Gasteiger partial charge is 0.306 e. The van der Waals surface area contributed by atoms with E-state index in [9.17, 15) is 0 Å². The molecule has 1 N–H and O–H groups in total. The van der Waals surface area contributed by atoms with Crippen LogP contribution in [0.25, 0.3) is 0 Å². The van der Waals surface area contributed by atoms with Crippen molar-refractivity contribution < 1.29 is 0 Å². The molecule has 1 nitrogen and oxygen atoms in total. The van der Waals surface area contributed by atoms with Crippen LogP contribution in [-0.4, -0.2) is 6.54 Å². The lowest BCUT2D eigenvalue weighted by atomic mass is 10.1. The number of nitrogens with one attached hydrogen (secondary N) is 1. The van der Waals surface area contributed by atoms with Gasteiger partial charge in [0.05, 0.1) is 11.1 Å². The summed E-state index contributed by atoms with van der Waals surface area (Å²) < 4.78 is 2.60. The van der Waals surface area contributed by atoms with Crippen LogP contribution in [0.4, 0.5) is 0 Å². The van der Waals surface area contributed by atoms with Crippen molar-refractivity contribution in [3.05, 3.63) is 53.0 Å². The molecule has 1 aromatic heterocycles. The summed E-state index contributed by atoms with van der Waals surface area (Å²) in [5.41, 5.74) is 1.16. The molecule has 2 aromatic rings. The van der Waals surface area contributed by atoms with Crippen molar-refractivity contribution in [1.82, 2.24) is 5.32 Å². The number of benzene rings is 1. The molecule has 19 heavy (non-hydrogen) atoms. The molecule has 1 atom stereocenters. The second-order valence-electron chi connectivity index (χ2n) is 3.93. The second-order valence-corrected chi connectivity index (χ2v) is 7.74. The summed E-state index contributed by atoms with van der Waals surface area (Å²) >= 11 is 20.7. The molecular formula is C13H11Br2Cl2NS. The molecule has 102 valence electrons. The first kappa shape index (κ1) is 15.8. The van der Waals surface area contributed by atoms with Crippen molar-refractivity contribution in [2.24, 2.45) is 0 Å². The molecule has 0 spiro atoms. The SMILES string of the molecule is CCNC(c1ccc(Cl)c(Br)c1)c1cc(Br)c(Cl)s1. The minimum absolute atomic E-state index is 0.118. The van der Waals surface area contributed by atoms with Gasteiger partial charge in [-0.2, -0.15) is 0 Å². The predicted octanol–water partition coefficient (Wildman–Crippen LogP) is 6.28. The van der Waals surface area contributed by atoms with E-state index in [1.54, 1.807) is 11.3 Å². The summed E-state index contributed by atoms with van der Waals surface area (Å²) in [6.07, 6.45) is 0. The van der Waals surface area contributed by atoms with Gasteiger partial charge < -0.3 is 5.32 Å². The second kappa shape index (κ2) is 6.92. The number of thiophene rings is 1. The predicted molar refractivity (Wildman–Crippen MR) is 91.7 cm³/mol. The first-order valence-electron chi connectivity index (χ1n) is 5.66. The normalized spacial score (nSPS) is 12.7. The van der Waals surface area contributed by atoms with E-state index in [0.29, 0.717) is 5.02 Å². The van der Waals surface area contributed by atoms with Gasteiger partial charge in [-0.05, 0) is 62.2 Å². The van der Waals surface area contributed by atoms with E-state index < -0.39 is 0 Å². The average Bonchev–Trinajstić information content (AvgIpc) is 2.70. The zero-order chi connectivity index (χ0) is 14.0. The Balaban J connectivity index is 2.41. The van der Waals surface area contributed by atoms with Crippen LogP contribution in [0.1, 0.15) is 23.4 Å². The highest BCUT2D eigenvalue weighted by Crippen LogP contribution is 2.38. The van der Waals surface area contributed by atoms with Crippen molar-refractivity contribution in [1.29, 1.82) is 0 Å². The van der Waals surface area contributed by atoms with Crippen LogP contribution in [0.2, 0.25) is 9.36 Å². The average molecular weight is 444 g/mol. The smallest absolute Gasteiger partial charge is 0.107 e. The minimum atomic E-state index is 0.118. The molecule has 0 radical (unpaired) electrons. The Morgan fingerprint density at radius 1 is 1.21 bits per heavy atom. The van der Waals surface area contributed by atoms with Crippen LogP contribution >= 0.6 is 66.4 Å². The van der Waals surface area contributed by atoms with Crippen molar-refractivity contribution in [3.63, 3.8) is 0 Å². The molecule has 1 aromatic carbocycles. The Hall–Kier alpha value is 0.420. The van der Waals surface area contributed by atoms with Gasteiger partial charge in [-0.25, -0.2) is 0 Å². The van der Waals surface area contributed by atoms with Gasteiger partial charge in [0.2, 0.25) is 0 Å². The molecule has 0 fully saturated rings. The van der Waals surface area contributed by atoms with Gasteiger partial charge in [-0.3, -0.25) is 0 Å². The Morgan fingerprint density at radius 3 is 2.47 bits per heavy atom. The molecule has 0 saturated carbocycles. The zero-order valence-corrected chi connectivity index (χ0v) is 15.5. The first-order valence-corrected chi connectivity index (χ1v) is 8.81. The monoisotopic (exact) mass is 441 g/mol. The Bertz CT molecular complexity index is 567. The summed E-state index contributed by atoms with van der Waals surface area (Å²) in [4.78, 5) is 1.17. The summed E-state index contributed by atoms with van der Waals surface area (Å²) in [7, 11) is 0. The third-order valence-corrected chi connectivity index (χ3v) is 6.39. The van der Waals surface area contributed by atoms with E-state index in [4.69, 9.17) is 23.2 Å². The summed E-state index contributed by atoms with van der Waals surface area (Å²) in [5, 5.41) is 4.18. The minimum Gasteiger partial charge on any atom is -0.306 e. The Morgan fingerprint density at radius 2 is 1.95 bits per heavy atom. The molecule has 1 unspecified atom stereocenters. The standard InChI is InChI=1S/C13H11Br2Cl2NS/c1-2-18-12(11-6-9(15)13(17)19-11)7-3-4-10(16)8(14)5-7/h3-6,12,18H,2H2,1H3. The van der Waals surface area contributed by atoms with Gasteiger partial charge in [0.1, 0.15) is 4.34 Å².